The Balaban J connectivity index is 2.23. The third kappa shape index (κ3) is 2.05. The van der Waals surface area contributed by atoms with Crippen LogP contribution in [-0.2, 0) is 0 Å². The Morgan fingerprint density at radius 3 is 2.50 bits per heavy atom. The average molecular weight is 244 g/mol. The fourth-order valence-electron chi connectivity index (χ4n) is 1.52. The van der Waals surface area contributed by atoms with Crippen LogP contribution in [0.15, 0.2) is 24.3 Å². The smallest absolute Gasteiger partial charge is 0.134 e. The number of thiocarbonyl (C=S) groups is 1. The van der Waals surface area contributed by atoms with Crippen LogP contribution in [0.1, 0.15) is 17.7 Å². The van der Waals surface area contributed by atoms with Crippen molar-refractivity contribution in [3.05, 3.63) is 34.9 Å². The molecule has 1 aliphatic heterocycles. The highest BCUT2D eigenvalue weighted by Crippen LogP contribution is 2.37. The molecule has 1 fully saturated rings. The second-order valence-corrected chi connectivity index (χ2v) is 5.57. The van der Waals surface area contributed by atoms with E-state index in [1.54, 1.807) is 11.8 Å². The van der Waals surface area contributed by atoms with E-state index in [2.05, 4.69) is 24.4 Å². The van der Waals surface area contributed by atoms with Gasteiger partial charge in [-0.3, -0.25) is 0 Å². The molecule has 0 radical (unpaired) electrons. The van der Waals surface area contributed by atoms with Crippen molar-refractivity contribution in [2.24, 2.45) is 0 Å². The Bertz CT molecular complexity index is 350. The molecule has 1 nitrogen and oxygen atoms in total. The van der Waals surface area contributed by atoms with Gasteiger partial charge in [0, 0.05) is 11.1 Å². The molecule has 0 saturated carbocycles. The normalized spacial score (nSPS) is 26.3. The summed E-state index contributed by atoms with van der Waals surface area (Å²) in [5.41, 5.74) is 1.28. The summed E-state index contributed by atoms with van der Waals surface area (Å²) in [4.78, 5) is 0. The Morgan fingerprint density at radius 2 is 2.00 bits per heavy atom. The SMILES string of the molecule is C[C@H]1NC(=S)S[C@@H]1c1ccc(Cl)cc1. The zero-order valence-electron chi connectivity index (χ0n) is 7.66. The molecule has 1 aliphatic rings. The second-order valence-electron chi connectivity index (χ2n) is 3.31. The summed E-state index contributed by atoms with van der Waals surface area (Å²) in [7, 11) is 0. The van der Waals surface area contributed by atoms with Crippen LogP contribution in [0.25, 0.3) is 0 Å². The van der Waals surface area contributed by atoms with Gasteiger partial charge in [-0.05, 0) is 24.6 Å². The topological polar surface area (TPSA) is 12.0 Å². The first kappa shape index (κ1) is 10.3. The highest BCUT2D eigenvalue weighted by molar-refractivity contribution is 8.23. The summed E-state index contributed by atoms with van der Waals surface area (Å²) in [5.74, 6) is 0. The van der Waals surface area contributed by atoms with Gasteiger partial charge in [0.05, 0.1) is 5.25 Å². The van der Waals surface area contributed by atoms with E-state index in [4.69, 9.17) is 23.8 Å². The zero-order chi connectivity index (χ0) is 10.1. The highest BCUT2D eigenvalue weighted by Gasteiger charge is 2.28. The van der Waals surface area contributed by atoms with E-state index in [1.807, 2.05) is 12.1 Å². The molecule has 0 aromatic heterocycles. The minimum Gasteiger partial charge on any atom is -0.367 e. The van der Waals surface area contributed by atoms with Crippen molar-refractivity contribution in [2.45, 2.75) is 18.2 Å². The van der Waals surface area contributed by atoms with Crippen LogP contribution >= 0.6 is 35.6 Å². The van der Waals surface area contributed by atoms with E-state index in [0.717, 1.165) is 9.34 Å². The molecular formula is C10H10ClNS2. The minimum absolute atomic E-state index is 0.397. The first-order valence-corrected chi connectivity index (χ1v) is 6.06. The van der Waals surface area contributed by atoms with E-state index in [1.165, 1.54) is 5.56 Å². The summed E-state index contributed by atoms with van der Waals surface area (Å²) in [6, 6.07) is 8.36. The van der Waals surface area contributed by atoms with Crippen LogP contribution in [0, 0.1) is 0 Å². The molecule has 2 atom stereocenters. The molecule has 1 aromatic carbocycles. The van der Waals surface area contributed by atoms with Crippen molar-refractivity contribution in [3.63, 3.8) is 0 Å². The fraction of sp³-hybridized carbons (Fsp3) is 0.300. The van der Waals surface area contributed by atoms with Crippen LogP contribution in [-0.4, -0.2) is 10.4 Å². The molecule has 0 spiro atoms. The van der Waals surface area contributed by atoms with Gasteiger partial charge in [-0.15, -0.1) is 0 Å². The predicted molar refractivity (Wildman–Crippen MR) is 67.0 cm³/mol. The van der Waals surface area contributed by atoms with Gasteiger partial charge in [-0.25, -0.2) is 0 Å². The molecule has 1 aromatic rings. The number of thioether (sulfide) groups is 1. The van der Waals surface area contributed by atoms with Gasteiger partial charge in [0.1, 0.15) is 4.32 Å². The Labute approximate surface area is 98.2 Å². The second kappa shape index (κ2) is 4.09. The molecule has 1 N–H and O–H groups in total. The van der Waals surface area contributed by atoms with Gasteiger partial charge >= 0.3 is 0 Å². The van der Waals surface area contributed by atoms with Gasteiger partial charge in [-0.1, -0.05) is 47.7 Å². The minimum atomic E-state index is 0.397. The van der Waals surface area contributed by atoms with E-state index in [9.17, 15) is 0 Å². The van der Waals surface area contributed by atoms with E-state index >= 15 is 0 Å². The first-order valence-electron chi connectivity index (χ1n) is 4.39. The third-order valence-corrected chi connectivity index (χ3v) is 4.16. The number of halogens is 1. The lowest BCUT2D eigenvalue weighted by atomic mass is 10.1. The van der Waals surface area contributed by atoms with Crippen molar-refractivity contribution in [1.29, 1.82) is 0 Å². The quantitative estimate of drug-likeness (QED) is 0.760. The standard InChI is InChI=1S/C10H10ClNS2/c1-6-9(14-10(13)12-6)7-2-4-8(11)5-3-7/h2-6,9H,1H3,(H,12,13)/t6-,9+/m1/s1. The molecule has 1 heterocycles. The van der Waals surface area contributed by atoms with E-state index in [-0.39, 0.29) is 0 Å². The fourth-order valence-corrected chi connectivity index (χ4v) is 3.19. The Kier molecular flexibility index (Phi) is 3.00. The molecule has 74 valence electrons. The van der Waals surface area contributed by atoms with Crippen molar-refractivity contribution >= 4 is 39.9 Å². The molecule has 0 aliphatic carbocycles. The molecule has 0 unspecified atom stereocenters. The molecule has 0 amide bonds. The molecular weight excluding hydrogens is 234 g/mol. The van der Waals surface area contributed by atoms with Gasteiger partial charge in [0.2, 0.25) is 0 Å². The summed E-state index contributed by atoms with van der Waals surface area (Å²) in [6.45, 7) is 2.14. The number of rotatable bonds is 1. The average Bonchev–Trinajstić information content (AvgIpc) is 2.47. The number of hydrogen-bond donors (Lipinski definition) is 1. The van der Waals surface area contributed by atoms with Crippen LogP contribution in [0.5, 0.6) is 0 Å². The monoisotopic (exact) mass is 243 g/mol. The number of nitrogens with one attached hydrogen (secondary N) is 1. The lowest BCUT2D eigenvalue weighted by molar-refractivity contribution is 0.674. The third-order valence-electron chi connectivity index (χ3n) is 2.23. The van der Waals surface area contributed by atoms with E-state index in [0.29, 0.717) is 11.3 Å². The summed E-state index contributed by atoms with van der Waals surface area (Å²) < 4.78 is 0.887. The molecule has 0 bridgehead atoms. The lowest BCUT2D eigenvalue weighted by Gasteiger charge is -2.13. The van der Waals surface area contributed by atoms with Gasteiger partial charge in [0.15, 0.2) is 0 Å². The maximum Gasteiger partial charge on any atom is 0.134 e. The number of hydrogen-bond acceptors (Lipinski definition) is 2. The van der Waals surface area contributed by atoms with Gasteiger partial charge in [0.25, 0.3) is 0 Å². The molecule has 1 saturated heterocycles. The van der Waals surface area contributed by atoms with Crippen molar-refractivity contribution in [2.75, 3.05) is 0 Å². The van der Waals surface area contributed by atoms with Crippen molar-refractivity contribution in [3.8, 4) is 0 Å². The van der Waals surface area contributed by atoms with Crippen molar-refractivity contribution in [1.82, 2.24) is 5.32 Å². The maximum atomic E-state index is 5.84. The van der Waals surface area contributed by atoms with Crippen molar-refractivity contribution < 1.29 is 0 Å². The molecule has 2 rings (SSSR count). The van der Waals surface area contributed by atoms with Crippen LogP contribution < -0.4 is 5.32 Å². The highest BCUT2D eigenvalue weighted by atomic mass is 35.5. The zero-order valence-corrected chi connectivity index (χ0v) is 10.0. The molecule has 4 heteroatoms. The van der Waals surface area contributed by atoms with Gasteiger partial charge < -0.3 is 5.32 Å². The maximum absolute atomic E-state index is 5.84. The van der Waals surface area contributed by atoms with Gasteiger partial charge in [-0.2, -0.15) is 0 Å². The lowest BCUT2D eigenvalue weighted by Crippen LogP contribution is -2.23. The number of benzene rings is 1. The predicted octanol–water partition coefficient (Wildman–Crippen LogP) is 3.39. The van der Waals surface area contributed by atoms with Crippen LogP contribution in [0.3, 0.4) is 0 Å². The Morgan fingerprint density at radius 1 is 1.36 bits per heavy atom. The summed E-state index contributed by atoms with van der Waals surface area (Å²) >= 11 is 12.7. The van der Waals surface area contributed by atoms with Crippen LogP contribution in [0.2, 0.25) is 5.02 Å². The largest absolute Gasteiger partial charge is 0.367 e. The van der Waals surface area contributed by atoms with Crippen LogP contribution in [0.4, 0.5) is 0 Å². The first-order chi connectivity index (χ1) is 6.66. The molecule has 14 heavy (non-hydrogen) atoms. The van der Waals surface area contributed by atoms with E-state index < -0.39 is 0 Å². The summed E-state index contributed by atoms with van der Waals surface area (Å²) in [5, 5.41) is 4.44. The Hall–Kier alpha value is -0.250. The summed E-state index contributed by atoms with van der Waals surface area (Å²) in [6.07, 6.45) is 0.